The fourth-order valence-electron chi connectivity index (χ4n) is 5.42. The largest absolute Gasteiger partial charge is 0.426 e. The fourth-order valence-corrected chi connectivity index (χ4v) is 5.42. The number of benzene rings is 1. The lowest BCUT2D eigenvalue weighted by Crippen LogP contribution is -2.35. The molecule has 1 N–H and O–H groups in total. The number of aryl methyl sites for hydroxylation is 1. The van der Waals surface area contributed by atoms with Crippen LogP contribution in [0.4, 0.5) is 5.69 Å². The van der Waals surface area contributed by atoms with Gasteiger partial charge in [-0.15, -0.1) is 0 Å². The second kappa shape index (κ2) is 11.0. The van der Waals surface area contributed by atoms with Gasteiger partial charge < -0.3 is 14.6 Å². The fraction of sp³-hybridized carbons (Fsp3) is 0.536. The highest BCUT2D eigenvalue weighted by atomic mass is 16.5. The van der Waals surface area contributed by atoms with E-state index in [0.29, 0.717) is 29.5 Å². The third-order valence-electron chi connectivity index (χ3n) is 7.30. The minimum absolute atomic E-state index is 0.184. The summed E-state index contributed by atoms with van der Waals surface area (Å²) in [6.07, 6.45) is 12.4. The van der Waals surface area contributed by atoms with Gasteiger partial charge in [0.25, 0.3) is 11.5 Å². The van der Waals surface area contributed by atoms with E-state index < -0.39 is 11.9 Å². The smallest absolute Gasteiger partial charge is 0.308 e. The zero-order chi connectivity index (χ0) is 24.1. The van der Waals surface area contributed by atoms with Crippen molar-refractivity contribution in [1.82, 2.24) is 4.57 Å². The number of rotatable bonds is 5. The van der Waals surface area contributed by atoms with Crippen LogP contribution >= 0.6 is 0 Å². The average molecular weight is 465 g/mol. The molecule has 6 nitrogen and oxygen atoms in total. The van der Waals surface area contributed by atoms with Crippen molar-refractivity contribution in [2.45, 2.75) is 91.0 Å². The Hall–Kier alpha value is -2.89. The Labute approximate surface area is 201 Å². The zero-order valence-electron chi connectivity index (χ0n) is 20.5. The highest BCUT2D eigenvalue weighted by molar-refractivity contribution is 6.04. The zero-order valence-corrected chi connectivity index (χ0v) is 20.5. The van der Waals surface area contributed by atoms with Crippen LogP contribution in [0.25, 0.3) is 0 Å². The summed E-state index contributed by atoms with van der Waals surface area (Å²) in [5.74, 6) is 0.0781. The summed E-state index contributed by atoms with van der Waals surface area (Å²) in [4.78, 5) is 38.4. The van der Waals surface area contributed by atoms with E-state index in [-0.39, 0.29) is 11.1 Å². The van der Waals surface area contributed by atoms with Crippen molar-refractivity contribution in [3.63, 3.8) is 0 Å². The summed E-state index contributed by atoms with van der Waals surface area (Å²) < 4.78 is 7.18. The monoisotopic (exact) mass is 464 g/mol. The van der Waals surface area contributed by atoms with Gasteiger partial charge in [-0.25, -0.2) is 0 Å². The molecule has 182 valence electrons. The molecule has 1 saturated carbocycles. The van der Waals surface area contributed by atoms with E-state index in [9.17, 15) is 14.4 Å². The number of esters is 1. The summed E-state index contributed by atoms with van der Waals surface area (Å²) in [7, 11) is 0. The van der Waals surface area contributed by atoms with Gasteiger partial charge in [-0.3, -0.25) is 14.4 Å². The molecule has 0 atom stereocenters. The summed E-state index contributed by atoms with van der Waals surface area (Å²) in [5.41, 5.74) is 3.49. The normalized spacial score (nSPS) is 16.8. The Morgan fingerprint density at radius 3 is 2.47 bits per heavy atom. The van der Waals surface area contributed by atoms with Gasteiger partial charge in [-0.1, -0.05) is 38.2 Å². The third-order valence-corrected chi connectivity index (χ3v) is 7.30. The van der Waals surface area contributed by atoms with Crippen LogP contribution in [-0.4, -0.2) is 16.4 Å². The minimum Gasteiger partial charge on any atom is -0.426 e. The first kappa shape index (κ1) is 24.2. The molecule has 0 radical (unpaired) electrons. The summed E-state index contributed by atoms with van der Waals surface area (Å²) >= 11 is 0. The van der Waals surface area contributed by atoms with Crippen LogP contribution in [0.15, 0.2) is 29.1 Å². The number of hydrogen-bond donors (Lipinski definition) is 1. The molecular formula is C28H36N2O4. The van der Waals surface area contributed by atoms with Crippen molar-refractivity contribution in [2.24, 2.45) is 5.92 Å². The molecule has 2 aliphatic carbocycles. The lowest BCUT2D eigenvalue weighted by Gasteiger charge is -2.26. The van der Waals surface area contributed by atoms with E-state index in [1.807, 2.05) is 10.6 Å². The first-order valence-corrected chi connectivity index (χ1v) is 12.8. The van der Waals surface area contributed by atoms with Crippen molar-refractivity contribution >= 4 is 17.6 Å². The van der Waals surface area contributed by atoms with Crippen molar-refractivity contribution in [3.05, 3.63) is 57.0 Å². The number of pyridine rings is 1. The van der Waals surface area contributed by atoms with Gasteiger partial charge in [0.15, 0.2) is 0 Å². The lowest BCUT2D eigenvalue weighted by atomic mass is 9.88. The minimum atomic E-state index is -0.418. The molecule has 0 aliphatic heterocycles. The summed E-state index contributed by atoms with van der Waals surface area (Å²) in [6.45, 7) is 3.84. The van der Waals surface area contributed by atoms with Crippen LogP contribution in [0.5, 0.6) is 5.75 Å². The number of ether oxygens (including phenoxy) is 1. The van der Waals surface area contributed by atoms with Gasteiger partial charge in [0.05, 0.1) is 0 Å². The van der Waals surface area contributed by atoms with E-state index in [1.54, 1.807) is 25.1 Å². The molecule has 2 aromatic rings. The third kappa shape index (κ3) is 5.60. The number of carbonyl (C=O) groups is 2. The first-order chi connectivity index (χ1) is 16.4. The summed E-state index contributed by atoms with van der Waals surface area (Å²) in [6, 6.07) is 7.01. The average Bonchev–Trinajstić information content (AvgIpc) is 2.79. The van der Waals surface area contributed by atoms with Crippen molar-refractivity contribution in [1.29, 1.82) is 0 Å². The van der Waals surface area contributed by atoms with Crippen LogP contribution in [0.2, 0.25) is 0 Å². The van der Waals surface area contributed by atoms with Crippen LogP contribution in [0, 0.1) is 12.8 Å². The predicted molar refractivity (Wildman–Crippen MR) is 134 cm³/mol. The molecule has 0 unspecified atom stereocenters. The number of anilines is 1. The lowest BCUT2D eigenvalue weighted by molar-refractivity contribution is -0.131. The molecule has 1 aromatic heterocycles. The summed E-state index contributed by atoms with van der Waals surface area (Å²) in [5, 5.41) is 2.90. The Morgan fingerprint density at radius 2 is 1.74 bits per heavy atom. The molecule has 34 heavy (non-hydrogen) atoms. The van der Waals surface area contributed by atoms with Gasteiger partial charge in [0, 0.05) is 30.4 Å². The molecule has 0 spiro atoms. The van der Waals surface area contributed by atoms with E-state index in [0.717, 1.165) is 49.8 Å². The number of aromatic nitrogens is 1. The maximum Gasteiger partial charge on any atom is 0.308 e. The molecule has 1 fully saturated rings. The van der Waals surface area contributed by atoms with Gasteiger partial charge in [0.1, 0.15) is 11.3 Å². The molecule has 0 saturated heterocycles. The Kier molecular flexibility index (Phi) is 7.86. The standard InChI is InChI=1S/C28H36N2O4/c1-19-24(14-10-16-26(19)34-20(2)31)29-27(32)23-17-22-13-8-3-4-9-15-25(22)30(28(23)33)18-21-11-6-5-7-12-21/h10,14,16-17,21H,3-9,11-13,15,18H2,1-2H3,(H,29,32). The topological polar surface area (TPSA) is 77.4 Å². The van der Waals surface area contributed by atoms with Crippen LogP contribution in [0.3, 0.4) is 0 Å². The second-order valence-corrected chi connectivity index (χ2v) is 9.84. The Morgan fingerprint density at radius 1 is 1.03 bits per heavy atom. The van der Waals surface area contributed by atoms with E-state index in [2.05, 4.69) is 5.32 Å². The predicted octanol–water partition coefficient (Wildman–Crippen LogP) is 5.57. The number of carbonyl (C=O) groups excluding carboxylic acids is 2. The molecule has 4 rings (SSSR count). The number of nitrogens with zero attached hydrogens (tertiary/aromatic N) is 1. The first-order valence-electron chi connectivity index (χ1n) is 12.8. The van der Waals surface area contributed by atoms with Crippen LogP contribution < -0.4 is 15.6 Å². The van der Waals surface area contributed by atoms with Crippen molar-refractivity contribution in [3.8, 4) is 5.75 Å². The van der Waals surface area contributed by atoms with E-state index >= 15 is 0 Å². The van der Waals surface area contributed by atoms with Crippen molar-refractivity contribution in [2.75, 3.05) is 5.32 Å². The van der Waals surface area contributed by atoms with Crippen LogP contribution in [-0.2, 0) is 24.2 Å². The Balaban J connectivity index is 1.69. The van der Waals surface area contributed by atoms with Gasteiger partial charge in [0.2, 0.25) is 0 Å². The SMILES string of the molecule is CC(=O)Oc1cccc(NC(=O)c2cc3c(n(CC4CCCCC4)c2=O)CCCCCC3)c1C. The molecular weight excluding hydrogens is 428 g/mol. The van der Waals surface area contributed by atoms with Gasteiger partial charge in [-0.2, -0.15) is 0 Å². The maximum atomic E-state index is 13.7. The molecule has 6 heteroatoms. The van der Waals surface area contributed by atoms with Crippen molar-refractivity contribution < 1.29 is 14.3 Å². The molecule has 2 aliphatic rings. The second-order valence-electron chi connectivity index (χ2n) is 9.84. The molecule has 1 heterocycles. The number of amides is 1. The number of hydrogen-bond acceptors (Lipinski definition) is 4. The van der Waals surface area contributed by atoms with Gasteiger partial charge in [-0.05, 0) is 75.1 Å². The number of fused-ring (bicyclic) bond motifs is 1. The maximum absolute atomic E-state index is 13.7. The number of nitrogens with one attached hydrogen (secondary N) is 1. The quantitative estimate of drug-likeness (QED) is 0.463. The van der Waals surface area contributed by atoms with Crippen LogP contribution in [0.1, 0.15) is 91.9 Å². The van der Waals surface area contributed by atoms with E-state index in [1.165, 1.54) is 39.0 Å². The Bertz CT molecular complexity index is 1110. The highest BCUT2D eigenvalue weighted by Gasteiger charge is 2.23. The van der Waals surface area contributed by atoms with Gasteiger partial charge >= 0.3 is 5.97 Å². The van der Waals surface area contributed by atoms with E-state index in [4.69, 9.17) is 4.74 Å². The highest BCUT2D eigenvalue weighted by Crippen LogP contribution is 2.28. The molecule has 1 amide bonds. The molecule has 1 aromatic carbocycles. The molecule has 0 bridgehead atoms.